The molecule has 2 radical (unpaired) electrons. The quantitative estimate of drug-likeness (QED) is 0.324. The summed E-state index contributed by atoms with van der Waals surface area (Å²) in [5.41, 5.74) is 2.71. The van der Waals surface area contributed by atoms with Gasteiger partial charge < -0.3 is 17.0 Å². The molecule has 0 saturated carbocycles. The maximum absolute atomic E-state index is 3.19. The molecule has 0 nitrogen and oxygen atoms in total. The summed E-state index contributed by atoms with van der Waals surface area (Å²) in [4.78, 5) is 0. The molecule has 0 saturated heterocycles. The Kier molecular flexibility index (Phi) is 23.4. The maximum atomic E-state index is 3.19. The molecule has 0 aliphatic heterocycles. The van der Waals surface area contributed by atoms with E-state index in [0.29, 0.717) is 0 Å². The number of rotatable bonds is 0. The molecule has 62 valence electrons. The molecule has 1 aliphatic rings. The van der Waals surface area contributed by atoms with E-state index in [4.69, 9.17) is 0 Å². The first kappa shape index (κ1) is 22.8. The zero-order chi connectivity index (χ0) is 5.28. The number of hydrogen-bond acceptors (Lipinski definition) is 0. The van der Waals surface area contributed by atoms with Gasteiger partial charge in [0.25, 0.3) is 0 Å². The van der Waals surface area contributed by atoms with Gasteiger partial charge in [0.2, 0.25) is 0 Å². The first-order valence-electron chi connectivity index (χ1n) is 2.55. The van der Waals surface area contributed by atoms with Crippen molar-refractivity contribution in [2.75, 3.05) is 0 Å². The van der Waals surface area contributed by atoms with Crippen LogP contribution in [0.5, 0.6) is 0 Å². The predicted octanol–water partition coefficient (Wildman–Crippen LogP) is -3.28. The average molecular weight is 326 g/mol. The van der Waals surface area contributed by atoms with Crippen LogP contribution in [-0.4, -0.2) is 21.9 Å². The number of hydrogen-bond donors (Lipinski definition) is 0. The van der Waals surface area contributed by atoms with Gasteiger partial charge in [0.1, 0.15) is 0 Å². The van der Waals surface area contributed by atoms with Crippen molar-refractivity contribution >= 4 is 21.9 Å². The molecule has 11 heavy (non-hydrogen) atoms. The van der Waals surface area contributed by atoms with Crippen molar-refractivity contribution in [1.82, 2.24) is 0 Å². The third-order valence-corrected chi connectivity index (χ3v) is 1.37. The first-order valence-corrected chi connectivity index (χ1v) is 2.55. The van der Waals surface area contributed by atoms with Crippen LogP contribution in [0.25, 0.3) is 0 Å². The number of allylic oxidation sites excluding steroid dienone is 4. The number of halogens is 1. The summed E-state index contributed by atoms with van der Waals surface area (Å²) in [7, 11) is 0. The van der Waals surface area contributed by atoms with E-state index in [-0.39, 0.29) is 65.1 Å². The second-order valence-electron chi connectivity index (χ2n) is 1.89. The van der Waals surface area contributed by atoms with Crippen LogP contribution in [0, 0.1) is 6.08 Å². The van der Waals surface area contributed by atoms with E-state index in [2.05, 4.69) is 26.0 Å². The van der Waals surface area contributed by atoms with Gasteiger partial charge in [-0.3, -0.25) is 6.08 Å². The summed E-state index contributed by atoms with van der Waals surface area (Å²) in [5.74, 6) is 0. The van der Waals surface area contributed by atoms with Crippen LogP contribution < -0.4 is 17.0 Å². The average Bonchev–Trinajstić information content (AvgIpc) is 1.91. The van der Waals surface area contributed by atoms with Gasteiger partial charge in [-0.1, -0.05) is 6.92 Å². The van der Waals surface area contributed by atoms with Crippen LogP contribution >= 0.6 is 0 Å². The van der Waals surface area contributed by atoms with Gasteiger partial charge in [0.05, 0.1) is 0 Å². The van der Waals surface area contributed by atoms with Gasteiger partial charge in [-0.05, 0) is 21.9 Å². The molecular weight excluding hydrogens is 311 g/mol. The summed E-state index contributed by atoms with van der Waals surface area (Å²) in [6.45, 7) is 4.22. The van der Waals surface area contributed by atoms with E-state index in [9.17, 15) is 0 Å². The largest absolute Gasteiger partial charge is 2.00 e. The Labute approximate surface area is 108 Å². The van der Waals surface area contributed by atoms with E-state index in [1.54, 1.807) is 0 Å². The molecule has 0 unspecified atom stereocenters. The van der Waals surface area contributed by atoms with Crippen molar-refractivity contribution in [2.24, 2.45) is 0 Å². The molecule has 0 aromatic rings. The van der Waals surface area contributed by atoms with Crippen LogP contribution in [-0.2, 0) is 26.2 Å². The minimum atomic E-state index is 0. The van der Waals surface area contributed by atoms with Crippen molar-refractivity contribution in [3.63, 3.8) is 0 Å². The molecule has 0 bridgehead atoms. The Hall–Kier alpha value is 1.28. The Morgan fingerprint density at radius 2 is 1.73 bits per heavy atom. The molecule has 1 rings (SSSR count). The normalized spacial score (nSPS) is 12.2. The molecule has 4 heteroatoms. The van der Waals surface area contributed by atoms with E-state index in [0.717, 1.165) is 6.42 Å². The monoisotopic (exact) mass is 324 g/mol. The van der Waals surface area contributed by atoms with Gasteiger partial charge in [-0.15, -0.1) is 13.3 Å². The van der Waals surface area contributed by atoms with Crippen LogP contribution in [0.1, 0.15) is 20.3 Å². The smallest absolute Gasteiger partial charge is 1.00 e. The molecule has 0 fully saturated rings. The fourth-order valence-corrected chi connectivity index (χ4v) is 0.650. The zero-order valence-electron chi connectivity index (χ0n) is 7.66. The fraction of sp³-hybridized carbons (Fsp3) is 0.429. The molecule has 0 amide bonds. The van der Waals surface area contributed by atoms with Crippen LogP contribution in [0.4, 0.5) is 0 Å². The second-order valence-corrected chi connectivity index (χ2v) is 1.89. The zero-order valence-corrected chi connectivity index (χ0v) is 15.7. The molecule has 0 aromatic carbocycles. The van der Waals surface area contributed by atoms with Gasteiger partial charge in [0, 0.05) is 0 Å². The van der Waals surface area contributed by atoms with Crippen LogP contribution in [0.2, 0.25) is 0 Å². The van der Waals surface area contributed by atoms with Gasteiger partial charge >= 0.3 is 26.2 Å². The van der Waals surface area contributed by atoms with Gasteiger partial charge in [0.15, 0.2) is 0 Å². The maximum Gasteiger partial charge on any atom is 2.00 e. The summed E-state index contributed by atoms with van der Waals surface area (Å²) < 4.78 is 0. The Balaban J connectivity index is -0.0000000612. The van der Waals surface area contributed by atoms with Crippen molar-refractivity contribution < 1.29 is 43.2 Å². The summed E-state index contributed by atoms with van der Waals surface area (Å²) in [5, 5.41) is 0. The SMILES string of the molecule is CC1=[C-]CC=C1C.[Br-].[SiH3].[SiH3].[Zr+2]. The third-order valence-electron chi connectivity index (χ3n) is 1.37. The molecular formula is C7H15BrSi2Zr. The van der Waals surface area contributed by atoms with Gasteiger partial charge in [-0.25, -0.2) is 11.1 Å². The van der Waals surface area contributed by atoms with Crippen LogP contribution in [0.15, 0.2) is 17.2 Å². The van der Waals surface area contributed by atoms with Crippen molar-refractivity contribution in [3.8, 4) is 0 Å². The van der Waals surface area contributed by atoms with Crippen molar-refractivity contribution in [2.45, 2.75) is 20.3 Å². The van der Waals surface area contributed by atoms with E-state index < -0.39 is 0 Å². The fourth-order valence-electron chi connectivity index (χ4n) is 0.650. The van der Waals surface area contributed by atoms with E-state index in [1.165, 1.54) is 11.1 Å². The summed E-state index contributed by atoms with van der Waals surface area (Å²) >= 11 is 0. The molecule has 0 N–H and O–H groups in total. The minimum absolute atomic E-state index is 0. The molecule has 0 atom stereocenters. The summed E-state index contributed by atoms with van der Waals surface area (Å²) in [6.07, 6.45) is 6.41. The molecule has 1 aliphatic carbocycles. The third kappa shape index (κ3) is 7.63. The summed E-state index contributed by atoms with van der Waals surface area (Å²) in [6, 6.07) is 0. The van der Waals surface area contributed by atoms with E-state index in [1.807, 2.05) is 0 Å². The first-order chi connectivity index (χ1) is 3.30. The van der Waals surface area contributed by atoms with E-state index >= 15 is 0 Å². The standard InChI is InChI=1S/C7H9.BrH.2H3Si.Zr/c1-6-4-3-5-7(6)2;;;;/h4H,3H2,1-2H3;1H;2*1H3;/q-1;;;;+2/p-1. The topological polar surface area (TPSA) is 0 Å². The molecule has 0 aromatic heterocycles. The van der Waals surface area contributed by atoms with Crippen molar-refractivity contribution in [1.29, 1.82) is 0 Å². The Morgan fingerprint density at radius 3 is 1.82 bits per heavy atom. The minimum Gasteiger partial charge on any atom is -1.00 e. The van der Waals surface area contributed by atoms with Crippen LogP contribution in [0.3, 0.4) is 0 Å². The van der Waals surface area contributed by atoms with Gasteiger partial charge in [-0.2, -0.15) is 6.08 Å². The Bertz CT molecular complexity index is 127. The second kappa shape index (κ2) is 11.3. The Morgan fingerprint density at radius 1 is 1.27 bits per heavy atom. The predicted molar refractivity (Wildman–Crippen MR) is 50.7 cm³/mol. The molecule has 0 spiro atoms. The van der Waals surface area contributed by atoms with Crippen molar-refractivity contribution in [3.05, 3.63) is 23.3 Å². The molecule has 0 heterocycles.